The van der Waals surface area contributed by atoms with Crippen molar-refractivity contribution >= 4 is 0 Å². The van der Waals surface area contributed by atoms with Crippen LogP contribution in [-0.2, 0) is 0 Å². The predicted molar refractivity (Wildman–Crippen MR) is 48.5 cm³/mol. The van der Waals surface area contributed by atoms with Crippen LogP contribution >= 0.6 is 0 Å². The molecule has 0 atom stereocenters. The van der Waals surface area contributed by atoms with Gasteiger partial charge in [0.05, 0.1) is 0 Å². The monoisotopic (exact) mass is 178 g/mol. The summed E-state index contributed by atoms with van der Waals surface area (Å²) in [7, 11) is 0. The van der Waals surface area contributed by atoms with Crippen LogP contribution in [0.3, 0.4) is 0 Å². The Hall–Kier alpha value is -0.140. The van der Waals surface area contributed by atoms with E-state index in [-0.39, 0.29) is 12.8 Å². The normalized spacial score (nSPS) is 12.5. The lowest BCUT2D eigenvalue weighted by molar-refractivity contribution is -0.0224. The maximum Gasteiger partial charge on any atom is 0.248 e. The van der Waals surface area contributed by atoms with E-state index >= 15 is 0 Å². The second-order valence-electron chi connectivity index (χ2n) is 3.89. The maximum absolute atomic E-state index is 13.0. The molecule has 0 saturated carbocycles. The molecule has 0 N–H and O–H groups in total. The van der Waals surface area contributed by atoms with E-state index in [4.69, 9.17) is 0 Å². The van der Waals surface area contributed by atoms with Crippen molar-refractivity contribution in [3.63, 3.8) is 0 Å². The van der Waals surface area contributed by atoms with Crippen LogP contribution in [0.5, 0.6) is 0 Å². The number of halogens is 2. The molecule has 0 unspecified atom stereocenters. The van der Waals surface area contributed by atoms with Gasteiger partial charge in [0, 0.05) is 12.8 Å². The second-order valence-corrected chi connectivity index (χ2v) is 3.89. The minimum absolute atomic E-state index is 0.0602. The number of hydrogen-bond donors (Lipinski definition) is 0. The average molecular weight is 178 g/mol. The molecule has 0 spiro atoms. The van der Waals surface area contributed by atoms with E-state index in [1.54, 1.807) is 0 Å². The summed E-state index contributed by atoms with van der Waals surface area (Å²) < 4.78 is 25.9. The Balaban J connectivity index is 3.56. The summed E-state index contributed by atoms with van der Waals surface area (Å²) in [4.78, 5) is 0. The van der Waals surface area contributed by atoms with E-state index in [0.29, 0.717) is 18.8 Å². The van der Waals surface area contributed by atoms with Gasteiger partial charge < -0.3 is 0 Å². The van der Waals surface area contributed by atoms with Crippen LogP contribution in [0.4, 0.5) is 8.78 Å². The molecule has 0 heterocycles. The molecule has 0 fully saturated rings. The Kier molecular flexibility index (Phi) is 5.43. The minimum Gasteiger partial charge on any atom is -0.207 e. The highest BCUT2D eigenvalue weighted by molar-refractivity contribution is 4.66. The summed E-state index contributed by atoms with van der Waals surface area (Å²) in [5.74, 6) is -2.03. The zero-order valence-electron chi connectivity index (χ0n) is 8.37. The topological polar surface area (TPSA) is 0 Å². The minimum atomic E-state index is -2.42. The molecule has 74 valence electrons. The first-order valence-electron chi connectivity index (χ1n) is 4.86. The first-order chi connectivity index (χ1) is 5.48. The summed E-state index contributed by atoms with van der Waals surface area (Å²) in [5, 5.41) is 0. The van der Waals surface area contributed by atoms with Crippen molar-refractivity contribution in [3.05, 3.63) is 0 Å². The van der Waals surface area contributed by atoms with Gasteiger partial charge in [0.2, 0.25) is 5.92 Å². The number of hydrogen-bond acceptors (Lipinski definition) is 0. The van der Waals surface area contributed by atoms with Crippen molar-refractivity contribution in [2.45, 2.75) is 58.8 Å². The predicted octanol–water partition coefficient (Wildman–Crippen LogP) is 4.25. The molecule has 0 aliphatic carbocycles. The first kappa shape index (κ1) is 11.9. The third-order valence-corrected chi connectivity index (χ3v) is 1.98. The SMILES string of the molecule is CCCCC(F)(F)CCC(C)C. The van der Waals surface area contributed by atoms with Gasteiger partial charge in [-0.25, -0.2) is 8.78 Å². The quantitative estimate of drug-likeness (QED) is 0.570. The molecule has 0 bridgehead atoms. The van der Waals surface area contributed by atoms with Crippen LogP contribution in [0.2, 0.25) is 0 Å². The standard InChI is InChI=1S/C10H20F2/c1-4-5-7-10(11,12)8-6-9(2)3/h9H,4-8H2,1-3H3. The van der Waals surface area contributed by atoms with Gasteiger partial charge in [-0.05, 0) is 18.8 Å². The summed E-state index contributed by atoms with van der Waals surface area (Å²) in [6, 6.07) is 0. The third kappa shape index (κ3) is 6.56. The molecule has 2 heteroatoms. The van der Waals surface area contributed by atoms with Crippen molar-refractivity contribution in [2.75, 3.05) is 0 Å². The number of alkyl halides is 2. The second kappa shape index (κ2) is 5.50. The molecular formula is C10H20F2. The summed E-state index contributed by atoms with van der Waals surface area (Å²) in [5.41, 5.74) is 0. The molecule has 0 aromatic rings. The van der Waals surface area contributed by atoms with Gasteiger partial charge in [0.1, 0.15) is 0 Å². The van der Waals surface area contributed by atoms with Crippen molar-refractivity contribution in [1.29, 1.82) is 0 Å². The van der Waals surface area contributed by atoms with Crippen molar-refractivity contribution in [2.24, 2.45) is 5.92 Å². The Morgan fingerprint density at radius 1 is 1.17 bits per heavy atom. The van der Waals surface area contributed by atoms with Crippen LogP contribution < -0.4 is 0 Å². The molecule has 0 aliphatic rings. The van der Waals surface area contributed by atoms with Crippen molar-refractivity contribution < 1.29 is 8.78 Å². The highest BCUT2D eigenvalue weighted by Gasteiger charge is 2.27. The fourth-order valence-corrected chi connectivity index (χ4v) is 1.06. The molecule has 12 heavy (non-hydrogen) atoms. The van der Waals surface area contributed by atoms with Crippen LogP contribution in [0.1, 0.15) is 52.9 Å². The average Bonchev–Trinajstić information content (AvgIpc) is 1.98. The largest absolute Gasteiger partial charge is 0.248 e. The fraction of sp³-hybridized carbons (Fsp3) is 1.00. The summed E-state index contributed by atoms with van der Waals surface area (Å²) in [6.45, 7) is 5.91. The molecule has 0 rings (SSSR count). The molecule has 0 nitrogen and oxygen atoms in total. The molecule has 0 amide bonds. The zero-order chi connectivity index (χ0) is 9.61. The third-order valence-electron chi connectivity index (χ3n) is 1.98. The zero-order valence-corrected chi connectivity index (χ0v) is 8.37. The van der Waals surface area contributed by atoms with Crippen LogP contribution in [0.25, 0.3) is 0 Å². The summed E-state index contributed by atoms with van der Waals surface area (Å²) in [6.07, 6.45) is 2.26. The Bertz CT molecular complexity index is 108. The fourth-order valence-electron chi connectivity index (χ4n) is 1.06. The van der Waals surface area contributed by atoms with E-state index in [9.17, 15) is 8.78 Å². The Morgan fingerprint density at radius 3 is 2.17 bits per heavy atom. The molecule has 0 aliphatic heterocycles. The molecular weight excluding hydrogens is 158 g/mol. The number of unbranched alkanes of at least 4 members (excludes halogenated alkanes) is 1. The highest BCUT2D eigenvalue weighted by Crippen LogP contribution is 2.28. The molecule has 0 aromatic carbocycles. The van der Waals surface area contributed by atoms with Gasteiger partial charge in [-0.15, -0.1) is 0 Å². The first-order valence-corrected chi connectivity index (χ1v) is 4.86. The van der Waals surface area contributed by atoms with Crippen LogP contribution in [0, 0.1) is 5.92 Å². The lowest BCUT2D eigenvalue weighted by Crippen LogP contribution is -2.16. The van der Waals surface area contributed by atoms with Crippen LogP contribution in [0.15, 0.2) is 0 Å². The van der Waals surface area contributed by atoms with E-state index in [2.05, 4.69) is 0 Å². The Labute approximate surface area is 74.4 Å². The summed E-state index contributed by atoms with van der Waals surface area (Å²) >= 11 is 0. The highest BCUT2D eigenvalue weighted by atomic mass is 19.3. The van der Waals surface area contributed by atoms with Gasteiger partial charge in [0.15, 0.2) is 0 Å². The molecule has 0 saturated heterocycles. The molecule has 0 aromatic heterocycles. The smallest absolute Gasteiger partial charge is 0.207 e. The maximum atomic E-state index is 13.0. The van der Waals surface area contributed by atoms with Gasteiger partial charge in [-0.1, -0.05) is 27.2 Å². The van der Waals surface area contributed by atoms with E-state index in [0.717, 1.165) is 6.42 Å². The lowest BCUT2D eigenvalue weighted by Gasteiger charge is -2.16. The number of rotatable bonds is 6. The lowest BCUT2D eigenvalue weighted by atomic mass is 10.0. The van der Waals surface area contributed by atoms with Gasteiger partial charge in [0.25, 0.3) is 0 Å². The van der Waals surface area contributed by atoms with Crippen LogP contribution in [-0.4, -0.2) is 5.92 Å². The van der Waals surface area contributed by atoms with E-state index < -0.39 is 5.92 Å². The van der Waals surface area contributed by atoms with E-state index in [1.165, 1.54) is 0 Å². The van der Waals surface area contributed by atoms with Crippen molar-refractivity contribution in [3.8, 4) is 0 Å². The van der Waals surface area contributed by atoms with Gasteiger partial charge >= 0.3 is 0 Å². The van der Waals surface area contributed by atoms with Gasteiger partial charge in [-0.2, -0.15) is 0 Å². The Morgan fingerprint density at radius 2 is 1.75 bits per heavy atom. The van der Waals surface area contributed by atoms with Gasteiger partial charge in [-0.3, -0.25) is 0 Å². The van der Waals surface area contributed by atoms with Crippen molar-refractivity contribution in [1.82, 2.24) is 0 Å². The van der Waals surface area contributed by atoms with E-state index in [1.807, 2.05) is 20.8 Å². The molecule has 0 radical (unpaired) electrons.